The molecule has 0 aromatic carbocycles. The largest absolute Gasteiger partial charge is 0.346 e. The van der Waals surface area contributed by atoms with Crippen LogP contribution in [0.5, 0.6) is 0 Å². The Labute approximate surface area is 144 Å². The highest BCUT2D eigenvalue weighted by Gasteiger charge is 2.30. The van der Waals surface area contributed by atoms with Gasteiger partial charge in [0, 0.05) is 18.1 Å². The Morgan fingerprint density at radius 2 is 2.17 bits per heavy atom. The molecule has 0 bridgehead atoms. The quantitative estimate of drug-likeness (QED) is 0.868. The number of thiophene rings is 1. The van der Waals surface area contributed by atoms with Crippen LogP contribution in [-0.2, 0) is 6.54 Å². The first kappa shape index (κ1) is 16.8. The maximum absolute atomic E-state index is 12.6. The lowest BCUT2D eigenvalue weighted by Crippen LogP contribution is -2.47. The molecule has 1 saturated carbocycles. The Hall–Kier alpha value is -2.09. The molecule has 1 fully saturated rings. The van der Waals surface area contributed by atoms with Crippen molar-refractivity contribution in [1.29, 1.82) is 0 Å². The summed E-state index contributed by atoms with van der Waals surface area (Å²) in [6, 6.07) is 3.96. The van der Waals surface area contributed by atoms with Gasteiger partial charge in [-0.15, -0.1) is 16.4 Å². The molecule has 8 heteroatoms. The maximum atomic E-state index is 12.6. The predicted octanol–water partition coefficient (Wildman–Crippen LogP) is 2.21. The fourth-order valence-corrected chi connectivity index (χ4v) is 3.17. The van der Waals surface area contributed by atoms with Crippen molar-refractivity contribution < 1.29 is 4.79 Å². The smallest absolute Gasteiger partial charge is 0.336 e. The molecule has 0 unspecified atom stereocenters. The molecule has 0 aliphatic heterocycles. The minimum absolute atomic E-state index is 0.0982. The Morgan fingerprint density at radius 3 is 2.75 bits per heavy atom. The zero-order chi connectivity index (χ0) is 17.3. The maximum Gasteiger partial charge on any atom is 0.346 e. The van der Waals surface area contributed by atoms with Gasteiger partial charge in [-0.05, 0) is 45.1 Å². The fraction of sp³-hybridized carbons (Fsp3) is 0.562. The summed E-state index contributed by atoms with van der Waals surface area (Å²) in [6.45, 7) is 6.47. The molecule has 24 heavy (non-hydrogen) atoms. The first-order valence-electron chi connectivity index (χ1n) is 8.14. The summed E-state index contributed by atoms with van der Waals surface area (Å²) in [5.74, 6) is 0.733. The van der Waals surface area contributed by atoms with E-state index < -0.39 is 0 Å². The van der Waals surface area contributed by atoms with Crippen molar-refractivity contribution in [2.24, 2.45) is 0 Å². The Kier molecular flexibility index (Phi) is 4.49. The van der Waals surface area contributed by atoms with Crippen molar-refractivity contribution in [2.75, 3.05) is 6.54 Å². The van der Waals surface area contributed by atoms with Gasteiger partial charge >= 0.3 is 11.7 Å². The van der Waals surface area contributed by atoms with Crippen LogP contribution in [0.4, 0.5) is 4.79 Å². The average molecular weight is 349 g/mol. The van der Waals surface area contributed by atoms with E-state index in [-0.39, 0.29) is 23.3 Å². The van der Waals surface area contributed by atoms with E-state index in [1.807, 2.05) is 38.3 Å². The molecule has 2 aromatic heterocycles. The monoisotopic (exact) mass is 349 g/mol. The summed E-state index contributed by atoms with van der Waals surface area (Å²) in [5.41, 5.74) is -0.389. The van der Waals surface area contributed by atoms with E-state index >= 15 is 0 Å². The number of urea groups is 1. The molecule has 1 aliphatic carbocycles. The molecule has 1 aliphatic rings. The molecule has 7 nitrogen and oxygen atoms in total. The predicted molar refractivity (Wildman–Crippen MR) is 94.4 cm³/mol. The van der Waals surface area contributed by atoms with E-state index in [9.17, 15) is 9.59 Å². The summed E-state index contributed by atoms with van der Waals surface area (Å²) in [6.07, 6.45) is 2.05. The lowest BCUT2D eigenvalue weighted by Gasteiger charge is -2.20. The number of aromatic nitrogens is 3. The SMILES string of the molecule is CC(C)(C)NC(=O)NCCn1nc(-c2cccs2)n(C2CC2)c1=O. The van der Waals surface area contributed by atoms with Crippen molar-refractivity contribution in [2.45, 2.75) is 51.7 Å². The minimum atomic E-state index is -0.291. The van der Waals surface area contributed by atoms with Crippen LogP contribution in [0.25, 0.3) is 10.7 Å². The van der Waals surface area contributed by atoms with E-state index in [0.717, 1.165) is 23.5 Å². The normalized spacial score (nSPS) is 14.6. The lowest BCUT2D eigenvalue weighted by atomic mass is 10.1. The molecule has 0 atom stereocenters. The topological polar surface area (TPSA) is 81.0 Å². The zero-order valence-corrected chi connectivity index (χ0v) is 15.0. The molecule has 3 rings (SSSR count). The van der Waals surface area contributed by atoms with Crippen molar-refractivity contribution in [3.63, 3.8) is 0 Å². The van der Waals surface area contributed by atoms with Crippen LogP contribution in [0.2, 0.25) is 0 Å². The van der Waals surface area contributed by atoms with Crippen LogP contribution in [0.1, 0.15) is 39.7 Å². The highest BCUT2D eigenvalue weighted by Crippen LogP contribution is 2.37. The number of nitrogens with one attached hydrogen (secondary N) is 2. The van der Waals surface area contributed by atoms with Gasteiger partial charge in [-0.1, -0.05) is 6.07 Å². The standard InChI is InChI=1S/C16H23N5O2S/c1-16(2,3)18-14(22)17-8-9-20-15(23)21(11-6-7-11)13(19-20)12-5-4-10-24-12/h4-5,10-11H,6-9H2,1-3H3,(H2,17,18,22). The van der Waals surface area contributed by atoms with E-state index in [1.165, 1.54) is 4.68 Å². The number of rotatable bonds is 5. The third kappa shape index (κ3) is 3.87. The molecule has 0 saturated heterocycles. The first-order chi connectivity index (χ1) is 11.3. The van der Waals surface area contributed by atoms with E-state index in [2.05, 4.69) is 15.7 Å². The third-order valence-corrected chi connectivity index (χ3v) is 4.49. The van der Waals surface area contributed by atoms with Crippen LogP contribution < -0.4 is 16.3 Å². The Bertz CT molecular complexity index is 765. The number of hydrogen-bond acceptors (Lipinski definition) is 4. The number of carbonyl (C=O) groups excluding carboxylic acids is 1. The number of hydrogen-bond donors (Lipinski definition) is 2. The lowest BCUT2D eigenvalue weighted by molar-refractivity contribution is 0.231. The zero-order valence-electron chi connectivity index (χ0n) is 14.2. The summed E-state index contributed by atoms with van der Waals surface area (Å²) in [4.78, 5) is 25.4. The van der Waals surface area contributed by atoms with Crippen LogP contribution >= 0.6 is 11.3 Å². The van der Waals surface area contributed by atoms with Gasteiger partial charge in [-0.2, -0.15) is 0 Å². The van der Waals surface area contributed by atoms with Crippen molar-refractivity contribution >= 4 is 17.4 Å². The summed E-state index contributed by atoms with van der Waals surface area (Å²) < 4.78 is 3.24. The van der Waals surface area contributed by atoms with Crippen molar-refractivity contribution in [3.05, 3.63) is 28.0 Å². The molecule has 0 radical (unpaired) electrons. The van der Waals surface area contributed by atoms with Gasteiger partial charge in [0.25, 0.3) is 0 Å². The van der Waals surface area contributed by atoms with Gasteiger partial charge in [-0.25, -0.2) is 14.3 Å². The van der Waals surface area contributed by atoms with E-state index in [1.54, 1.807) is 15.9 Å². The van der Waals surface area contributed by atoms with Gasteiger partial charge < -0.3 is 10.6 Å². The van der Waals surface area contributed by atoms with Crippen LogP contribution in [-0.4, -0.2) is 32.5 Å². The average Bonchev–Trinajstić information content (AvgIpc) is 3.05. The molecule has 130 valence electrons. The Balaban J connectivity index is 1.70. The highest BCUT2D eigenvalue weighted by atomic mass is 32.1. The number of nitrogens with zero attached hydrogens (tertiary/aromatic N) is 3. The molecule has 0 spiro atoms. The molecule has 2 aromatic rings. The van der Waals surface area contributed by atoms with E-state index in [0.29, 0.717) is 13.1 Å². The molecular weight excluding hydrogens is 326 g/mol. The van der Waals surface area contributed by atoms with Crippen LogP contribution in [0.3, 0.4) is 0 Å². The molecular formula is C16H23N5O2S. The second kappa shape index (κ2) is 6.43. The van der Waals surface area contributed by atoms with Gasteiger partial charge in [0.05, 0.1) is 11.4 Å². The van der Waals surface area contributed by atoms with Gasteiger partial charge in [-0.3, -0.25) is 4.57 Å². The molecule has 2 amide bonds. The second-order valence-corrected chi connectivity index (χ2v) is 7.99. The molecule has 2 heterocycles. The van der Waals surface area contributed by atoms with Crippen LogP contribution in [0, 0.1) is 0 Å². The summed E-state index contributed by atoms with van der Waals surface area (Å²) >= 11 is 1.58. The summed E-state index contributed by atoms with van der Waals surface area (Å²) in [7, 11) is 0. The molecule has 2 N–H and O–H groups in total. The number of carbonyl (C=O) groups is 1. The summed E-state index contributed by atoms with van der Waals surface area (Å²) in [5, 5.41) is 12.1. The second-order valence-electron chi connectivity index (χ2n) is 7.04. The highest BCUT2D eigenvalue weighted by molar-refractivity contribution is 7.13. The van der Waals surface area contributed by atoms with Crippen LogP contribution in [0.15, 0.2) is 22.3 Å². The van der Waals surface area contributed by atoms with Gasteiger partial charge in [0.2, 0.25) is 0 Å². The van der Waals surface area contributed by atoms with Gasteiger partial charge in [0.1, 0.15) is 0 Å². The van der Waals surface area contributed by atoms with Crippen molar-refractivity contribution in [1.82, 2.24) is 25.0 Å². The minimum Gasteiger partial charge on any atom is -0.336 e. The first-order valence-corrected chi connectivity index (χ1v) is 9.02. The van der Waals surface area contributed by atoms with Crippen molar-refractivity contribution in [3.8, 4) is 10.7 Å². The Morgan fingerprint density at radius 1 is 1.42 bits per heavy atom. The third-order valence-electron chi connectivity index (χ3n) is 3.62. The van der Waals surface area contributed by atoms with Gasteiger partial charge in [0.15, 0.2) is 5.82 Å². The fourth-order valence-electron chi connectivity index (χ4n) is 2.46. The number of amides is 2. The van der Waals surface area contributed by atoms with E-state index in [4.69, 9.17) is 0 Å².